The van der Waals surface area contributed by atoms with E-state index in [1.807, 2.05) is 24.3 Å². The standard InChI is InChI=1S/C9H9IN4/c1-14-9(11)12-8(13-14)6-4-2-3-5-7(6)10/h2-5H,1H3,(H2,11,12,13). The SMILES string of the molecule is Cn1nc(-c2ccccc2I)nc1N. The molecular weight excluding hydrogens is 291 g/mol. The van der Waals surface area contributed by atoms with Gasteiger partial charge in [0.15, 0.2) is 5.82 Å². The molecule has 0 aliphatic carbocycles. The van der Waals surface area contributed by atoms with E-state index in [0.29, 0.717) is 11.8 Å². The van der Waals surface area contributed by atoms with Crippen molar-refractivity contribution < 1.29 is 0 Å². The van der Waals surface area contributed by atoms with Crippen LogP contribution in [0.15, 0.2) is 24.3 Å². The Morgan fingerprint density at radius 1 is 1.36 bits per heavy atom. The van der Waals surface area contributed by atoms with E-state index in [1.165, 1.54) is 0 Å². The Kier molecular flexibility index (Phi) is 2.40. The zero-order valence-electron chi connectivity index (χ0n) is 7.61. The van der Waals surface area contributed by atoms with E-state index < -0.39 is 0 Å². The minimum Gasteiger partial charge on any atom is -0.368 e. The monoisotopic (exact) mass is 300 g/mol. The van der Waals surface area contributed by atoms with Crippen LogP contribution in [0.3, 0.4) is 0 Å². The molecule has 0 radical (unpaired) electrons. The molecule has 1 heterocycles. The number of hydrogen-bond acceptors (Lipinski definition) is 3. The van der Waals surface area contributed by atoms with Gasteiger partial charge in [0, 0.05) is 16.2 Å². The molecule has 1 aromatic heterocycles. The molecule has 0 fully saturated rings. The van der Waals surface area contributed by atoms with Gasteiger partial charge in [-0.15, -0.1) is 5.10 Å². The number of nitrogens with zero attached hydrogens (tertiary/aromatic N) is 3. The number of benzene rings is 1. The van der Waals surface area contributed by atoms with E-state index in [9.17, 15) is 0 Å². The van der Waals surface area contributed by atoms with Gasteiger partial charge in [0.05, 0.1) is 0 Å². The predicted octanol–water partition coefficient (Wildman–Crippen LogP) is 1.67. The normalized spacial score (nSPS) is 10.4. The molecule has 0 saturated carbocycles. The zero-order valence-corrected chi connectivity index (χ0v) is 9.76. The summed E-state index contributed by atoms with van der Waals surface area (Å²) in [5.74, 6) is 1.11. The lowest BCUT2D eigenvalue weighted by Crippen LogP contribution is -1.97. The summed E-state index contributed by atoms with van der Waals surface area (Å²) in [6.07, 6.45) is 0. The van der Waals surface area contributed by atoms with Crippen molar-refractivity contribution in [3.05, 3.63) is 27.8 Å². The van der Waals surface area contributed by atoms with Gasteiger partial charge in [0.1, 0.15) is 0 Å². The lowest BCUT2D eigenvalue weighted by Gasteiger charge is -1.97. The molecule has 0 amide bonds. The first-order valence-corrected chi connectivity index (χ1v) is 5.18. The fraction of sp³-hybridized carbons (Fsp3) is 0.111. The summed E-state index contributed by atoms with van der Waals surface area (Å²) in [7, 11) is 1.78. The Balaban J connectivity index is 2.55. The molecule has 2 N–H and O–H groups in total. The van der Waals surface area contributed by atoms with Crippen molar-refractivity contribution in [1.82, 2.24) is 14.8 Å². The van der Waals surface area contributed by atoms with Gasteiger partial charge in [-0.05, 0) is 28.7 Å². The molecule has 0 spiro atoms. The molecule has 1 aromatic carbocycles. The molecule has 5 heteroatoms. The zero-order chi connectivity index (χ0) is 10.1. The van der Waals surface area contributed by atoms with Crippen LogP contribution in [0.25, 0.3) is 11.4 Å². The number of rotatable bonds is 1. The summed E-state index contributed by atoms with van der Waals surface area (Å²) >= 11 is 2.25. The highest BCUT2D eigenvalue weighted by Crippen LogP contribution is 2.22. The van der Waals surface area contributed by atoms with Crippen molar-refractivity contribution >= 4 is 28.5 Å². The van der Waals surface area contributed by atoms with Gasteiger partial charge in [-0.2, -0.15) is 4.98 Å². The van der Waals surface area contributed by atoms with Crippen LogP contribution < -0.4 is 5.73 Å². The van der Waals surface area contributed by atoms with Gasteiger partial charge < -0.3 is 5.73 Å². The van der Waals surface area contributed by atoms with Crippen LogP contribution in [-0.4, -0.2) is 14.8 Å². The molecule has 2 rings (SSSR count). The van der Waals surface area contributed by atoms with Gasteiger partial charge >= 0.3 is 0 Å². The highest BCUT2D eigenvalue weighted by molar-refractivity contribution is 14.1. The number of nitrogen functional groups attached to an aromatic ring is 1. The van der Waals surface area contributed by atoms with Crippen LogP contribution in [0.1, 0.15) is 0 Å². The summed E-state index contributed by atoms with van der Waals surface area (Å²) in [6, 6.07) is 7.95. The maximum absolute atomic E-state index is 5.61. The summed E-state index contributed by atoms with van der Waals surface area (Å²) < 4.78 is 2.69. The van der Waals surface area contributed by atoms with Gasteiger partial charge in [0.25, 0.3) is 0 Å². The van der Waals surface area contributed by atoms with Crippen LogP contribution in [0.2, 0.25) is 0 Å². The minimum atomic E-state index is 0.430. The maximum Gasteiger partial charge on any atom is 0.218 e. The van der Waals surface area contributed by atoms with Crippen LogP contribution in [-0.2, 0) is 7.05 Å². The molecule has 4 nitrogen and oxygen atoms in total. The van der Waals surface area contributed by atoms with E-state index in [-0.39, 0.29) is 0 Å². The Morgan fingerprint density at radius 2 is 2.07 bits per heavy atom. The van der Waals surface area contributed by atoms with Crippen LogP contribution in [0.4, 0.5) is 5.95 Å². The number of halogens is 1. The van der Waals surface area contributed by atoms with E-state index in [1.54, 1.807) is 11.7 Å². The fourth-order valence-corrected chi connectivity index (χ4v) is 1.78. The second-order valence-corrected chi connectivity index (χ2v) is 4.06. The quantitative estimate of drug-likeness (QED) is 0.815. The van der Waals surface area contributed by atoms with E-state index in [2.05, 4.69) is 32.7 Å². The second-order valence-electron chi connectivity index (χ2n) is 2.90. The van der Waals surface area contributed by atoms with Gasteiger partial charge in [0.2, 0.25) is 5.95 Å². The first-order valence-electron chi connectivity index (χ1n) is 4.10. The summed E-state index contributed by atoms with van der Waals surface area (Å²) in [4.78, 5) is 4.17. The number of anilines is 1. The van der Waals surface area contributed by atoms with Gasteiger partial charge in [-0.1, -0.05) is 18.2 Å². The average molecular weight is 300 g/mol. The molecule has 0 bridgehead atoms. The molecule has 0 aliphatic rings. The van der Waals surface area contributed by atoms with Crippen molar-refractivity contribution in [2.75, 3.05) is 5.73 Å². The third-order valence-corrected chi connectivity index (χ3v) is 2.85. The fourth-order valence-electron chi connectivity index (χ4n) is 1.15. The third kappa shape index (κ3) is 1.59. The number of hydrogen-bond donors (Lipinski definition) is 1. The molecule has 0 atom stereocenters. The van der Waals surface area contributed by atoms with Crippen molar-refractivity contribution in [2.24, 2.45) is 7.05 Å². The Hall–Kier alpha value is -1.11. The van der Waals surface area contributed by atoms with Crippen LogP contribution in [0.5, 0.6) is 0 Å². The number of aryl methyl sites for hydroxylation is 1. The minimum absolute atomic E-state index is 0.430. The molecular formula is C9H9IN4. The van der Waals surface area contributed by atoms with Crippen LogP contribution in [0, 0.1) is 3.57 Å². The van der Waals surface area contributed by atoms with Crippen molar-refractivity contribution in [3.63, 3.8) is 0 Å². The lowest BCUT2D eigenvalue weighted by molar-refractivity contribution is 0.781. The average Bonchev–Trinajstić information content (AvgIpc) is 2.48. The molecule has 0 aliphatic heterocycles. The number of nitrogens with two attached hydrogens (primary N) is 1. The molecule has 72 valence electrons. The Morgan fingerprint density at radius 3 is 2.64 bits per heavy atom. The largest absolute Gasteiger partial charge is 0.368 e. The molecule has 14 heavy (non-hydrogen) atoms. The Labute approximate surface area is 95.3 Å². The first-order chi connectivity index (χ1) is 6.68. The molecule has 0 unspecified atom stereocenters. The lowest BCUT2D eigenvalue weighted by atomic mass is 10.2. The highest BCUT2D eigenvalue weighted by Gasteiger charge is 2.08. The Bertz CT molecular complexity index is 444. The highest BCUT2D eigenvalue weighted by atomic mass is 127. The summed E-state index contributed by atoms with van der Waals surface area (Å²) in [6.45, 7) is 0. The topological polar surface area (TPSA) is 56.7 Å². The van der Waals surface area contributed by atoms with E-state index in [0.717, 1.165) is 9.13 Å². The van der Waals surface area contributed by atoms with E-state index >= 15 is 0 Å². The van der Waals surface area contributed by atoms with Crippen molar-refractivity contribution in [3.8, 4) is 11.4 Å². The second kappa shape index (κ2) is 3.56. The van der Waals surface area contributed by atoms with Crippen molar-refractivity contribution in [2.45, 2.75) is 0 Å². The first kappa shape index (κ1) is 9.45. The van der Waals surface area contributed by atoms with Gasteiger partial charge in [-0.3, -0.25) is 0 Å². The predicted molar refractivity (Wildman–Crippen MR) is 63.6 cm³/mol. The summed E-state index contributed by atoms with van der Waals surface area (Å²) in [5.41, 5.74) is 6.63. The van der Waals surface area contributed by atoms with E-state index in [4.69, 9.17) is 5.73 Å². The summed E-state index contributed by atoms with van der Waals surface area (Å²) in [5, 5.41) is 4.22. The molecule has 0 saturated heterocycles. The van der Waals surface area contributed by atoms with Crippen LogP contribution >= 0.6 is 22.6 Å². The van der Waals surface area contributed by atoms with Crippen molar-refractivity contribution in [1.29, 1.82) is 0 Å². The maximum atomic E-state index is 5.61. The van der Waals surface area contributed by atoms with Gasteiger partial charge in [-0.25, -0.2) is 4.68 Å². The molecule has 2 aromatic rings. The third-order valence-electron chi connectivity index (χ3n) is 1.91. The smallest absolute Gasteiger partial charge is 0.218 e. The number of aromatic nitrogens is 3.